The number of ether oxygens (including phenoxy) is 2. The normalized spacial score (nSPS) is 12.9. The van der Waals surface area contributed by atoms with Gasteiger partial charge in [0, 0.05) is 17.1 Å². The number of hydrogen-bond acceptors (Lipinski definition) is 5. The maximum absolute atomic E-state index is 11.9. The smallest absolute Gasteiger partial charge is 0.322 e. The summed E-state index contributed by atoms with van der Waals surface area (Å²) >= 11 is 1.56. The van der Waals surface area contributed by atoms with E-state index < -0.39 is 5.97 Å². The Hall–Kier alpha value is -3.00. The number of hydrogen-bond donors (Lipinski definition) is 2. The zero-order valence-electron chi connectivity index (χ0n) is 13.7. The highest BCUT2D eigenvalue weighted by Gasteiger charge is 2.20. The van der Waals surface area contributed by atoms with E-state index in [0.717, 1.165) is 32.8 Å². The van der Waals surface area contributed by atoms with Gasteiger partial charge in [0.15, 0.2) is 11.5 Å². The lowest BCUT2D eigenvalue weighted by molar-refractivity contribution is -0.138. The lowest BCUT2D eigenvalue weighted by Gasteiger charge is -2.16. The predicted molar refractivity (Wildman–Crippen MR) is 96.9 cm³/mol. The summed E-state index contributed by atoms with van der Waals surface area (Å²) in [5.74, 6) is 0.112. The van der Waals surface area contributed by atoms with Gasteiger partial charge in [-0.05, 0) is 23.1 Å². The van der Waals surface area contributed by atoms with E-state index in [-0.39, 0.29) is 19.0 Å². The summed E-state index contributed by atoms with van der Waals surface area (Å²) in [5.41, 5.74) is 1.88. The molecule has 3 aromatic rings. The molecular formula is C18H16N2O5S. The number of aromatic nitrogens is 1. The number of carboxylic acids is 1. The molecule has 4 rings (SSSR count). The van der Waals surface area contributed by atoms with Gasteiger partial charge in [-0.1, -0.05) is 12.1 Å². The number of aliphatic carboxylic acids is 1. The lowest BCUT2D eigenvalue weighted by atomic mass is 10.1. The highest BCUT2D eigenvalue weighted by atomic mass is 32.1. The van der Waals surface area contributed by atoms with E-state index in [9.17, 15) is 9.59 Å². The van der Waals surface area contributed by atoms with Gasteiger partial charge >= 0.3 is 5.97 Å². The molecule has 0 fully saturated rings. The molecule has 2 aromatic heterocycles. The summed E-state index contributed by atoms with van der Waals surface area (Å²) in [4.78, 5) is 23.5. The van der Waals surface area contributed by atoms with Crippen molar-refractivity contribution in [3.8, 4) is 21.9 Å². The number of nitrogens with zero attached hydrogens (tertiary/aromatic N) is 1. The van der Waals surface area contributed by atoms with Crippen molar-refractivity contribution in [1.29, 1.82) is 0 Å². The van der Waals surface area contributed by atoms with Crippen molar-refractivity contribution in [2.24, 2.45) is 0 Å². The van der Waals surface area contributed by atoms with Crippen LogP contribution in [0.2, 0.25) is 0 Å². The molecule has 2 N–H and O–H groups in total. The van der Waals surface area contributed by atoms with Crippen LogP contribution in [0.25, 0.3) is 21.3 Å². The minimum Gasteiger partial charge on any atom is -0.485 e. The monoisotopic (exact) mass is 372 g/mol. The Morgan fingerprint density at radius 2 is 2.08 bits per heavy atom. The standard InChI is InChI=1S/C18H16N2O5S/c21-15(19-8-16(22)23)9-20-4-3-11-1-2-12(7-13(11)20)18-17-14(10-26-18)24-5-6-25-17/h1-4,7,10H,5-6,8-9H2,(H,19,21)(H,22,23). The van der Waals surface area contributed by atoms with Crippen molar-refractivity contribution in [3.63, 3.8) is 0 Å². The number of amides is 1. The first-order valence-electron chi connectivity index (χ1n) is 8.06. The third-order valence-electron chi connectivity index (χ3n) is 4.09. The van der Waals surface area contributed by atoms with Crippen LogP contribution >= 0.6 is 11.3 Å². The molecule has 26 heavy (non-hydrogen) atoms. The summed E-state index contributed by atoms with van der Waals surface area (Å²) in [6, 6.07) is 7.93. The van der Waals surface area contributed by atoms with Crippen molar-refractivity contribution in [2.75, 3.05) is 19.8 Å². The van der Waals surface area contributed by atoms with Crippen LogP contribution in [0.3, 0.4) is 0 Å². The van der Waals surface area contributed by atoms with E-state index in [2.05, 4.69) is 5.32 Å². The van der Waals surface area contributed by atoms with Gasteiger partial charge in [-0.25, -0.2) is 0 Å². The Bertz CT molecular complexity index is 991. The molecule has 0 bridgehead atoms. The minimum absolute atomic E-state index is 0.0579. The second-order valence-corrected chi connectivity index (χ2v) is 6.72. The van der Waals surface area contributed by atoms with Gasteiger partial charge in [0.1, 0.15) is 26.3 Å². The predicted octanol–water partition coefficient (Wildman–Crippen LogP) is 2.34. The van der Waals surface area contributed by atoms with Gasteiger partial charge in [-0.3, -0.25) is 9.59 Å². The van der Waals surface area contributed by atoms with Crippen LogP contribution in [0.5, 0.6) is 11.5 Å². The molecule has 7 nitrogen and oxygen atoms in total. The Balaban J connectivity index is 1.64. The van der Waals surface area contributed by atoms with Crippen molar-refractivity contribution in [2.45, 2.75) is 6.54 Å². The Labute approximate surface area is 152 Å². The second-order valence-electron chi connectivity index (χ2n) is 5.84. The van der Waals surface area contributed by atoms with Crippen molar-refractivity contribution in [3.05, 3.63) is 35.8 Å². The average molecular weight is 372 g/mol. The Morgan fingerprint density at radius 3 is 2.92 bits per heavy atom. The van der Waals surface area contributed by atoms with E-state index in [1.807, 2.05) is 35.8 Å². The quantitative estimate of drug-likeness (QED) is 0.718. The van der Waals surface area contributed by atoms with Crippen molar-refractivity contribution >= 4 is 34.1 Å². The third-order valence-corrected chi connectivity index (χ3v) is 5.08. The molecule has 1 amide bonds. The summed E-state index contributed by atoms with van der Waals surface area (Å²) in [6.45, 7) is 0.750. The van der Waals surface area contributed by atoms with Crippen molar-refractivity contribution < 1.29 is 24.2 Å². The number of rotatable bonds is 5. The van der Waals surface area contributed by atoms with Gasteiger partial charge in [0.05, 0.1) is 4.88 Å². The second kappa shape index (κ2) is 6.72. The summed E-state index contributed by atoms with van der Waals surface area (Å²) in [5, 5.41) is 14.0. The minimum atomic E-state index is -1.07. The summed E-state index contributed by atoms with van der Waals surface area (Å²) in [7, 11) is 0. The van der Waals surface area contributed by atoms with Gasteiger partial charge in [0.2, 0.25) is 5.91 Å². The van der Waals surface area contributed by atoms with Crippen LogP contribution in [0.4, 0.5) is 0 Å². The van der Waals surface area contributed by atoms with Crippen LogP contribution in [0.1, 0.15) is 0 Å². The lowest BCUT2D eigenvalue weighted by Crippen LogP contribution is -2.31. The number of fused-ring (bicyclic) bond motifs is 2. The van der Waals surface area contributed by atoms with Crippen LogP contribution in [-0.2, 0) is 16.1 Å². The molecule has 3 heterocycles. The maximum atomic E-state index is 11.9. The third kappa shape index (κ3) is 3.11. The van der Waals surface area contributed by atoms with Gasteiger partial charge in [-0.15, -0.1) is 11.3 Å². The van der Waals surface area contributed by atoms with Crippen LogP contribution in [0.15, 0.2) is 35.8 Å². The Morgan fingerprint density at radius 1 is 1.23 bits per heavy atom. The fraction of sp³-hybridized carbons (Fsp3) is 0.222. The largest absolute Gasteiger partial charge is 0.485 e. The van der Waals surface area contributed by atoms with E-state index >= 15 is 0 Å². The first-order valence-corrected chi connectivity index (χ1v) is 8.94. The zero-order valence-corrected chi connectivity index (χ0v) is 14.5. The van der Waals surface area contributed by atoms with Crippen LogP contribution < -0.4 is 14.8 Å². The molecular weight excluding hydrogens is 356 g/mol. The number of thiophene rings is 1. The molecule has 0 unspecified atom stereocenters. The number of carbonyl (C=O) groups is 2. The molecule has 1 aromatic carbocycles. The van der Waals surface area contributed by atoms with Gasteiger partial charge < -0.3 is 24.5 Å². The molecule has 1 aliphatic rings. The SMILES string of the molecule is O=C(O)CNC(=O)Cn1ccc2ccc(-c3scc4c3OCCO4)cc21. The highest BCUT2D eigenvalue weighted by Crippen LogP contribution is 2.45. The van der Waals surface area contributed by atoms with Crippen LogP contribution in [-0.4, -0.2) is 41.3 Å². The first kappa shape index (κ1) is 16.5. The maximum Gasteiger partial charge on any atom is 0.322 e. The molecule has 0 aliphatic carbocycles. The number of nitrogens with one attached hydrogen (secondary N) is 1. The van der Waals surface area contributed by atoms with E-state index in [4.69, 9.17) is 14.6 Å². The van der Waals surface area contributed by atoms with Crippen LogP contribution in [0, 0.1) is 0 Å². The zero-order chi connectivity index (χ0) is 18.1. The fourth-order valence-electron chi connectivity index (χ4n) is 2.91. The van der Waals surface area contributed by atoms with Gasteiger partial charge in [0.25, 0.3) is 0 Å². The summed E-state index contributed by atoms with van der Waals surface area (Å²) < 4.78 is 13.1. The molecule has 134 valence electrons. The first-order chi connectivity index (χ1) is 12.6. The Kier molecular flexibility index (Phi) is 4.26. The number of benzene rings is 1. The molecule has 0 spiro atoms. The van der Waals surface area contributed by atoms with Gasteiger partial charge in [-0.2, -0.15) is 0 Å². The van der Waals surface area contributed by atoms with E-state index in [1.165, 1.54) is 0 Å². The highest BCUT2D eigenvalue weighted by molar-refractivity contribution is 7.14. The molecule has 0 atom stereocenters. The fourth-order valence-corrected chi connectivity index (χ4v) is 3.84. The molecule has 0 saturated heterocycles. The average Bonchev–Trinajstić information content (AvgIpc) is 3.24. The number of carbonyl (C=O) groups excluding carboxylic acids is 1. The molecule has 1 aliphatic heterocycles. The van der Waals surface area contributed by atoms with Crippen molar-refractivity contribution in [1.82, 2.24) is 9.88 Å². The van der Waals surface area contributed by atoms with E-state index in [0.29, 0.717) is 13.2 Å². The molecule has 8 heteroatoms. The molecule has 0 saturated carbocycles. The molecule has 0 radical (unpaired) electrons. The topological polar surface area (TPSA) is 89.8 Å². The number of carboxylic acid groups (broad SMARTS) is 1. The summed E-state index contributed by atoms with van der Waals surface area (Å²) in [6.07, 6.45) is 1.82. The van der Waals surface area contributed by atoms with E-state index in [1.54, 1.807) is 15.9 Å².